The first kappa shape index (κ1) is 7.55. The van der Waals surface area contributed by atoms with Crippen LogP contribution in [0.4, 0.5) is 0 Å². The van der Waals surface area contributed by atoms with Gasteiger partial charge in [-0.1, -0.05) is 6.07 Å². The Morgan fingerprint density at radius 1 is 1.50 bits per heavy atom. The lowest BCUT2D eigenvalue weighted by molar-refractivity contribution is 0.989. The van der Waals surface area contributed by atoms with Crippen molar-refractivity contribution < 1.29 is 0 Å². The molecule has 0 fully saturated rings. The Bertz CT molecular complexity index is 203. The van der Waals surface area contributed by atoms with E-state index >= 15 is 0 Å². The predicted octanol–water partition coefficient (Wildman–Crippen LogP) is 2.69. The van der Waals surface area contributed by atoms with E-state index in [-0.39, 0.29) is 5.38 Å². The van der Waals surface area contributed by atoms with Gasteiger partial charge in [-0.05, 0) is 25.5 Å². The Hall–Kier alpha value is -0.560. The highest BCUT2D eigenvalue weighted by Crippen LogP contribution is 2.15. The van der Waals surface area contributed by atoms with Crippen LogP contribution in [0.15, 0.2) is 18.3 Å². The minimum Gasteiger partial charge on any atom is -0.259 e. The fourth-order valence-electron chi connectivity index (χ4n) is 0.715. The molecule has 0 saturated heterocycles. The molecule has 1 aromatic heterocycles. The van der Waals surface area contributed by atoms with Gasteiger partial charge in [-0.15, -0.1) is 11.6 Å². The Morgan fingerprint density at radius 2 is 2.20 bits per heavy atom. The van der Waals surface area contributed by atoms with Crippen LogP contribution in [0.2, 0.25) is 0 Å². The molecule has 0 bridgehead atoms. The topological polar surface area (TPSA) is 12.9 Å². The quantitative estimate of drug-likeness (QED) is 0.569. The molecule has 1 atom stereocenters. The number of aryl methyl sites for hydroxylation is 1. The van der Waals surface area contributed by atoms with E-state index in [4.69, 9.17) is 11.6 Å². The summed E-state index contributed by atoms with van der Waals surface area (Å²) in [6.07, 6.45) is 1.83. The number of nitrogens with zero attached hydrogens (tertiary/aromatic N) is 1. The number of hydrogen-bond acceptors (Lipinski definition) is 1. The number of aromatic nitrogens is 1. The normalized spacial score (nSPS) is 13.1. The van der Waals surface area contributed by atoms with E-state index in [1.54, 1.807) is 0 Å². The third-order valence-electron chi connectivity index (χ3n) is 1.34. The molecular weight excluding hydrogens is 146 g/mol. The van der Waals surface area contributed by atoms with Gasteiger partial charge in [0.2, 0.25) is 0 Å². The molecule has 1 aromatic rings. The van der Waals surface area contributed by atoms with Crippen molar-refractivity contribution in [2.75, 3.05) is 0 Å². The fraction of sp³-hybridized carbons (Fsp3) is 0.375. The smallest absolute Gasteiger partial charge is 0.0729 e. The monoisotopic (exact) mass is 155 g/mol. The molecule has 0 aliphatic heterocycles. The van der Waals surface area contributed by atoms with Crippen LogP contribution < -0.4 is 0 Å². The molecular formula is C8H10ClN. The number of pyridine rings is 1. The average Bonchev–Trinajstić information content (AvgIpc) is 1.88. The van der Waals surface area contributed by atoms with Crippen molar-refractivity contribution in [3.63, 3.8) is 0 Å². The maximum Gasteiger partial charge on any atom is 0.0729 e. The molecule has 54 valence electrons. The van der Waals surface area contributed by atoms with E-state index in [0.29, 0.717) is 0 Å². The molecule has 0 radical (unpaired) electrons. The molecule has 1 rings (SSSR count). The van der Waals surface area contributed by atoms with Crippen LogP contribution >= 0.6 is 11.6 Å². The first-order chi connectivity index (χ1) is 4.70. The Kier molecular flexibility index (Phi) is 2.28. The summed E-state index contributed by atoms with van der Waals surface area (Å²) in [4.78, 5) is 4.15. The number of rotatable bonds is 1. The molecule has 0 aromatic carbocycles. The standard InChI is InChI=1S/C8H10ClN/c1-6-3-4-8(7(2)9)10-5-6/h3-5,7H,1-2H3/t7-/m1/s1. The van der Waals surface area contributed by atoms with Crippen LogP contribution in [0.5, 0.6) is 0 Å². The van der Waals surface area contributed by atoms with Crippen molar-refractivity contribution in [3.05, 3.63) is 29.6 Å². The average molecular weight is 156 g/mol. The lowest BCUT2D eigenvalue weighted by Crippen LogP contribution is -1.88. The minimum absolute atomic E-state index is 0.0144. The van der Waals surface area contributed by atoms with Gasteiger partial charge >= 0.3 is 0 Å². The van der Waals surface area contributed by atoms with E-state index in [0.717, 1.165) is 5.69 Å². The van der Waals surface area contributed by atoms with Crippen LogP contribution in [0.1, 0.15) is 23.6 Å². The summed E-state index contributed by atoms with van der Waals surface area (Å²) in [5, 5.41) is 0.0144. The summed E-state index contributed by atoms with van der Waals surface area (Å²) >= 11 is 5.79. The van der Waals surface area contributed by atoms with Crippen molar-refractivity contribution in [3.8, 4) is 0 Å². The summed E-state index contributed by atoms with van der Waals surface area (Å²) in [7, 11) is 0. The summed E-state index contributed by atoms with van der Waals surface area (Å²) in [6, 6.07) is 3.97. The highest BCUT2D eigenvalue weighted by Gasteiger charge is 1.99. The van der Waals surface area contributed by atoms with E-state index in [1.165, 1.54) is 5.56 Å². The zero-order valence-electron chi connectivity index (χ0n) is 6.13. The summed E-state index contributed by atoms with van der Waals surface area (Å²) in [5.41, 5.74) is 2.10. The Morgan fingerprint density at radius 3 is 2.60 bits per heavy atom. The molecule has 0 aliphatic carbocycles. The third kappa shape index (κ3) is 1.71. The lowest BCUT2D eigenvalue weighted by atomic mass is 10.2. The molecule has 0 amide bonds. The first-order valence-corrected chi connectivity index (χ1v) is 3.70. The van der Waals surface area contributed by atoms with Crippen molar-refractivity contribution in [1.82, 2.24) is 4.98 Å². The zero-order chi connectivity index (χ0) is 7.56. The van der Waals surface area contributed by atoms with Gasteiger partial charge < -0.3 is 0 Å². The van der Waals surface area contributed by atoms with Crippen LogP contribution in [0, 0.1) is 6.92 Å². The van der Waals surface area contributed by atoms with Crippen molar-refractivity contribution in [1.29, 1.82) is 0 Å². The third-order valence-corrected chi connectivity index (χ3v) is 1.57. The molecule has 0 saturated carbocycles. The largest absolute Gasteiger partial charge is 0.259 e. The summed E-state index contributed by atoms with van der Waals surface area (Å²) < 4.78 is 0. The van der Waals surface area contributed by atoms with Crippen molar-refractivity contribution in [2.45, 2.75) is 19.2 Å². The van der Waals surface area contributed by atoms with Gasteiger partial charge in [0.15, 0.2) is 0 Å². The lowest BCUT2D eigenvalue weighted by Gasteiger charge is -2.00. The zero-order valence-corrected chi connectivity index (χ0v) is 6.89. The predicted molar refractivity (Wildman–Crippen MR) is 43.2 cm³/mol. The van der Waals surface area contributed by atoms with E-state index < -0.39 is 0 Å². The van der Waals surface area contributed by atoms with Crippen LogP contribution in [-0.4, -0.2) is 4.98 Å². The van der Waals surface area contributed by atoms with E-state index in [2.05, 4.69) is 4.98 Å². The van der Waals surface area contributed by atoms with Crippen molar-refractivity contribution >= 4 is 11.6 Å². The second-order valence-corrected chi connectivity index (χ2v) is 3.03. The highest BCUT2D eigenvalue weighted by molar-refractivity contribution is 6.20. The van der Waals surface area contributed by atoms with Crippen LogP contribution in [-0.2, 0) is 0 Å². The van der Waals surface area contributed by atoms with Gasteiger partial charge in [-0.2, -0.15) is 0 Å². The fourth-order valence-corrected chi connectivity index (χ4v) is 0.844. The van der Waals surface area contributed by atoms with Gasteiger partial charge in [-0.3, -0.25) is 4.98 Å². The minimum atomic E-state index is 0.0144. The molecule has 2 heteroatoms. The highest BCUT2D eigenvalue weighted by atomic mass is 35.5. The van der Waals surface area contributed by atoms with Gasteiger partial charge in [0.1, 0.15) is 0 Å². The van der Waals surface area contributed by atoms with Gasteiger partial charge in [0.25, 0.3) is 0 Å². The number of halogens is 1. The second-order valence-electron chi connectivity index (χ2n) is 2.38. The van der Waals surface area contributed by atoms with Gasteiger partial charge in [0.05, 0.1) is 11.1 Å². The van der Waals surface area contributed by atoms with Crippen molar-refractivity contribution in [2.24, 2.45) is 0 Å². The maximum atomic E-state index is 5.79. The van der Waals surface area contributed by atoms with Crippen LogP contribution in [0.25, 0.3) is 0 Å². The molecule has 0 unspecified atom stereocenters. The molecule has 1 heterocycles. The molecule has 0 aliphatic rings. The number of hydrogen-bond donors (Lipinski definition) is 0. The first-order valence-electron chi connectivity index (χ1n) is 3.27. The molecule has 0 spiro atoms. The molecule has 1 nitrogen and oxygen atoms in total. The molecule has 0 N–H and O–H groups in total. The van der Waals surface area contributed by atoms with E-state index in [1.807, 2.05) is 32.2 Å². The maximum absolute atomic E-state index is 5.79. The SMILES string of the molecule is Cc1ccc([C@@H](C)Cl)nc1. The Labute approximate surface area is 66.0 Å². The second kappa shape index (κ2) is 3.02. The van der Waals surface area contributed by atoms with E-state index in [9.17, 15) is 0 Å². The number of alkyl halides is 1. The summed E-state index contributed by atoms with van der Waals surface area (Å²) in [5.74, 6) is 0. The Balaban J connectivity index is 2.89. The van der Waals surface area contributed by atoms with Crippen LogP contribution in [0.3, 0.4) is 0 Å². The van der Waals surface area contributed by atoms with Gasteiger partial charge in [-0.25, -0.2) is 0 Å². The summed E-state index contributed by atoms with van der Waals surface area (Å²) in [6.45, 7) is 3.93. The molecule has 10 heavy (non-hydrogen) atoms. The van der Waals surface area contributed by atoms with Gasteiger partial charge in [0, 0.05) is 6.20 Å².